The topological polar surface area (TPSA) is 104 Å². The fourth-order valence-electron chi connectivity index (χ4n) is 5.02. The molecule has 2 saturated heterocycles. The van der Waals surface area contributed by atoms with E-state index in [9.17, 15) is 5.11 Å². The third-order valence-electron chi connectivity index (χ3n) is 6.53. The zero-order chi connectivity index (χ0) is 19.1. The van der Waals surface area contributed by atoms with Gasteiger partial charge >= 0.3 is 0 Å². The zero-order valence-corrected chi connectivity index (χ0v) is 16.1. The summed E-state index contributed by atoms with van der Waals surface area (Å²) < 4.78 is 0. The molecule has 1 atom stereocenters. The maximum Gasteiger partial charge on any atom is 0.227 e. The average Bonchev–Trinajstić information content (AvgIpc) is 3.06. The van der Waals surface area contributed by atoms with E-state index in [1.165, 1.54) is 5.56 Å². The number of aryl methyl sites for hydroxylation is 1. The van der Waals surface area contributed by atoms with Gasteiger partial charge < -0.3 is 20.6 Å². The van der Waals surface area contributed by atoms with Crippen LogP contribution in [0.4, 0.5) is 17.7 Å². The first-order valence-electron chi connectivity index (χ1n) is 10.3. The molecule has 3 N–H and O–H groups in total. The first-order valence-corrected chi connectivity index (χ1v) is 10.3. The van der Waals surface area contributed by atoms with Crippen LogP contribution in [0.1, 0.15) is 43.4 Å². The number of rotatable bonds is 2. The van der Waals surface area contributed by atoms with Crippen molar-refractivity contribution in [2.45, 2.75) is 50.0 Å². The Morgan fingerprint density at radius 1 is 1.07 bits per heavy atom. The summed E-state index contributed by atoms with van der Waals surface area (Å²) in [4.78, 5) is 22.8. The summed E-state index contributed by atoms with van der Waals surface area (Å²) in [6.07, 6.45) is 9.47. The van der Waals surface area contributed by atoms with E-state index in [4.69, 9.17) is 10.7 Å². The summed E-state index contributed by atoms with van der Waals surface area (Å²) in [5.41, 5.74) is 8.29. The minimum absolute atomic E-state index is 0.0270. The lowest BCUT2D eigenvalue weighted by Crippen LogP contribution is -2.46. The quantitative estimate of drug-likeness (QED) is 0.802. The van der Waals surface area contributed by atoms with Crippen LogP contribution in [0, 0.1) is 0 Å². The molecule has 2 aromatic rings. The molecule has 1 unspecified atom stereocenters. The highest BCUT2D eigenvalue weighted by Crippen LogP contribution is 2.44. The summed E-state index contributed by atoms with van der Waals surface area (Å²) in [7, 11) is 0. The molecule has 5 rings (SSSR count). The second kappa shape index (κ2) is 6.84. The molecular formula is C20H27N7O. The van der Waals surface area contributed by atoms with Crippen LogP contribution in [0.2, 0.25) is 0 Å². The summed E-state index contributed by atoms with van der Waals surface area (Å²) in [6, 6.07) is 1.97. The van der Waals surface area contributed by atoms with Crippen molar-refractivity contribution in [2.24, 2.45) is 0 Å². The smallest absolute Gasteiger partial charge is 0.227 e. The molecule has 8 nitrogen and oxygen atoms in total. The number of nitrogens with zero attached hydrogens (tertiary/aromatic N) is 6. The van der Waals surface area contributed by atoms with Gasteiger partial charge in [0.1, 0.15) is 5.82 Å². The number of anilines is 3. The van der Waals surface area contributed by atoms with Gasteiger partial charge in [-0.1, -0.05) is 0 Å². The van der Waals surface area contributed by atoms with E-state index in [1.807, 2.05) is 18.5 Å². The summed E-state index contributed by atoms with van der Waals surface area (Å²) in [6.45, 7) is 3.51. The van der Waals surface area contributed by atoms with Gasteiger partial charge in [-0.25, -0.2) is 15.0 Å². The van der Waals surface area contributed by atoms with Crippen molar-refractivity contribution in [2.75, 3.05) is 41.7 Å². The molecule has 0 radical (unpaired) electrons. The Balaban J connectivity index is 1.39. The maximum absolute atomic E-state index is 9.76. The fourth-order valence-corrected chi connectivity index (χ4v) is 5.02. The largest absolute Gasteiger partial charge is 0.393 e. The Kier molecular flexibility index (Phi) is 4.30. The van der Waals surface area contributed by atoms with E-state index in [2.05, 4.69) is 24.8 Å². The van der Waals surface area contributed by atoms with Crippen LogP contribution in [0.25, 0.3) is 0 Å². The Hall–Kier alpha value is -2.48. The summed E-state index contributed by atoms with van der Waals surface area (Å²) in [5, 5.41) is 9.76. The minimum Gasteiger partial charge on any atom is -0.393 e. The molecule has 0 amide bonds. The zero-order valence-electron chi connectivity index (χ0n) is 16.1. The van der Waals surface area contributed by atoms with Gasteiger partial charge in [0.15, 0.2) is 0 Å². The van der Waals surface area contributed by atoms with E-state index in [0.29, 0.717) is 5.95 Å². The monoisotopic (exact) mass is 381 g/mol. The second-order valence-electron chi connectivity index (χ2n) is 8.34. The molecule has 28 heavy (non-hydrogen) atoms. The molecule has 1 aliphatic carbocycles. The highest BCUT2D eigenvalue weighted by atomic mass is 16.3. The van der Waals surface area contributed by atoms with Crippen molar-refractivity contribution in [3.8, 4) is 0 Å². The third kappa shape index (κ3) is 3.05. The summed E-state index contributed by atoms with van der Waals surface area (Å²) >= 11 is 0. The first-order chi connectivity index (χ1) is 13.6. The maximum atomic E-state index is 9.76. The standard InChI is InChI=1S/C20H27N7O/c21-18-23-12-14-2-7-20(17(14)25-18)6-1-9-27(13-20)19-22-8-3-16(24-19)26-10-4-15(28)5-11-26/h3,8,12,15,28H,1-2,4-7,9-11,13H2,(H2,21,23,25). The molecule has 0 aromatic carbocycles. The van der Waals surface area contributed by atoms with Crippen molar-refractivity contribution in [3.05, 3.63) is 29.7 Å². The lowest BCUT2D eigenvalue weighted by atomic mass is 9.77. The number of hydrogen-bond donors (Lipinski definition) is 2. The molecule has 148 valence electrons. The van der Waals surface area contributed by atoms with Crippen LogP contribution in [0.15, 0.2) is 18.5 Å². The van der Waals surface area contributed by atoms with E-state index in [-0.39, 0.29) is 11.5 Å². The lowest BCUT2D eigenvalue weighted by Gasteiger charge is -2.40. The van der Waals surface area contributed by atoms with Gasteiger partial charge in [0, 0.05) is 44.0 Å². The molecule has 4 heterocycles. The number of aliphatic hydroxyl groups excluding tert-OH is 1. The first kappa shape index (κ1) is 17.6. The van der Waals surface area contributed by atoms with Crippen LogP contribution < -0.4 is 15.5 Å². The number of aliphatic hydroxyl groups is 1. The SMILES string of the molecule is Nc1ncc2c(n1)C1(CCCN(c3nccc(N4CCC(O)CC4)n3)C1)CC2. The van der Waals surface area contributed by atoms with Gasteiger partial charge in [-0.3, -0.25) is 0 Å². The van der Waals surface area contributed by atoms with E-state index in [0.717, 1.165) is 82.2 Å². The van der Waals surface area contributed by atoms with Crippen molar-refractivity contribution >= 4 is 17.7 Å². The number of piperidine rings is 2. The third-order valence-corrected chi connectivity index (χ3v) is 6.53. The number of nitrogens with two attached hydrogens (primary N) is 1. The van der Waals surface area contributed by atoms with Crippen molar-refractivity contribution in [1.82, 2.24) is 19.9 Å². The summed E-state index contributed by atoms with van der Waals surface area (Å²) in [5.74, 6) is 2.11. The highest BCUT2D eigenvalue weighted by Gasteiger charge is 2.44. The molecule has 2 fully saturated rings. The van der Waals surface area contributed by atoms with Crippen molar-refractivity contribution < 1.29 is 5.11 Å². The molecule has 1 spiro atoms. The molecule has 3 aliphatic rings. The number of hydrogen-bond acceptors (Lipinski definition) is 8. The number of aromatic nitrogens is 4. The number of fused-ring (bicyclic) bond motifs is 2. The van der Waals surface area contributed by atoms with Crippen LogP contribution in [0.5, 0.6) is 0 Å². The van der Waals surface area contributed by atoms with Crippen molar-refractivity contribution in [1.29, 1.82) is 0 Å². The predicted octanol–water partition coefficient (Wildman–Crippen LogP) is 1.29. The minimum atomic E-state index is -0.184. The van der Waals surface area contributed by atoms with Crippen LogP contribution in [-0.4, -0.2) is 57.3 Å². The van der Waals surface area contributed by atoms with Gasteiger partial charge in [-0.05, 0) is 50.2 Å². The number of nitrogen functional groups attached to an aromatic ring is 1. The van der Waals surface area contributed by atoms with Gasteiger partial charge in [-0.15, -0.1) is 0 Å². The van der Waals surface area contributed by atoms with Gasteiger partial charge in [0.05, 0.1) is 11.8 Å². The molecule has 0 saturated carbocycles. The van der Waals surface area contributed by atoms with Gasteiger partial charge in [-0.2, -0.15) is 4.98 Å². The second-order valence-corrected chi connectivity index (χ2v) is 8.34. The van der Waals surface area contributed by atoms with E-state index < -0.39 is 0 Å². The van der Waals surface area contributed by atoms with Crippen LogP contribution in [0.3, 0.4) is 0 Å². The predicted molar refractivity (Wildman–Crippen MR) is 107 cm³/mol. The lowest BCUT2D eigenvalue weighted by molar-refractivity contribution is 0.145. The van der Waals surface area contributed by atoms with Crippen molar-refractivity contribution in [3.63, 3.8) is 0 Å². The molecule has 8 heteroatoms. The Morgan fingerprint density at radius 3 is 2.79 bits per heavy atom. The molecule has 0 bridgehead atoms. The Morgan fingerprint density at radius 2 is 1.93 bits per heavy atom. The molecule has 2 aliphatic heterocycles. The molecular weight excluding hydrogens is 354 g/mol. The van der Waals surface area contributed by atoms with E-state index in [1.54, 1.807) is 0 Å². The Bertz CT molecular complexity index is 863. The van der Waals surface area contributed by atoms with Crippen LogP contribution >= 0.6 is 0 Å². The van der Waals surface area contributed by atoms with E-state index >= 15 is 0 Å². The Labute approximate surface area is 164 Å². The average molecular weight is 381 g/mol. The molecule has 2 aromatic heterocycles. The fraction of sp³-hybridized carbons (Fsp3) is 0.600. The van der Waals surface area contributed by atoms with Crippen LogP contribution in [-0.2, 0) is 11.8 Å². The van der Waals surface area contributed by atoms with Gasteiger partial charge in [0.2, 0.25) is 11.9 Å². The van der Waals surface area contributed by atoms with Gasteiger partial charge in [0.25, 0.3) is 0 Å². The normalized spacial score (nSPS) is 25.3. The highest BCUT2D eigenvalue weighted by molar-refractivity contribution is 5.46.